The Morgan fingerprint density at radius 1 is 1.03 bits per heavy atom. The number of piperazine rings is 1. The highest BCUT2D eigenvalue weighted by Gasteiger charge is 2.32. The lowest BCUT2D eigenvalue weighted by atomic mass is 10.0. The van der Waals surface area contributed by atoms with Crippen molar-refractivity contribution in [1.82, 2.24) is 4.90 Å². The van der Waals surface area contributed by atoms with Gasteiger partial charge in [0.25, 0.3) is 0 Å². The smallest absolute Gasteiger partial charge is 0.410 e. The number of nitrogens with zero attached hydrogens (tertiary/aromatic N) is 2. The van der Waals surface area contributed by atoms with Gasteiger partial charge in [-0.2, -0.15) is 0 Å². The quantitative estimate of drug-likeness (QED) is 0.844. The molecule has 1 saturated heterocycles. The molecule has 6 nitrogen and oxygen atoms in total. The molecule has 1 unspecified atom stereocenters. The third kappa shape index (κ3) is 5.50. The number of aromatic carboxylic acids is 1. The van der Waals surface area contributed by atoms with Crippen molar-refractivity contribution in [1.29, 1.82) is 0 Å². The number of amides is 1. The zero-order valence-corrected chi connectivity index (χ0v) is 17.2. The molecule has 2 aromatic carbocycles. The zero-order chi connectivity index (χ0) is 21.0. The van der Waals surface area contributed by atoms with Crippen molar-refractivity contribution in [2.75, 3.05) is 24.5 Å². The van der Waals surface area contributed by atoms with E-state index in [2.05, 4.69) is 17.0 Å². The maximum atomic E-state index is 12.6. The van der Waals surface area contributed by atoms with Gasteiger partial charge >= 0.3 is 12.1 Å². The van der Waals surface area contributed by atoms with E-state index in [1.165, 1.54) is 5.56 Å². The van der Waals surface area contributed by atoms with E-state index in [1.54, 1.807) is 17.0 Å². The summed E-state index contributed by atoms with van der Waals surface area (Å²) in [4.78, 5) is 27.8. The summed E-state index contributed by atoms with van der Waals surface area (Å²) in [5, 5.41) is 9.15. The summed E-state index contributed by atoms with van der Waals surface area (Å²) < 4.78 is 5.56. The van der Waals surface area contributed by atoms with Crippen molar-refractivity contribution in [3.8, 4) is 0 Å². The molecule has 0 spiro atoms. The van der Waals surface area contributed by atoms with Crippen LogP contribution in [0.4, 0.5) is 10.5 Å². The van der Waals surface area contributed by atoms with Crippen LogP contribution in [0.1, 0.15) is 36.7 Å². The summed E-state index contributed by atoms with van der Waals surface area (Å²) in [5.74, 6) is -0.938. The Morgan fingerprint density at radius 2 is 1.69 bits per heavy atom. The minimum atomic E-state index is -0.938. The van der Waals surface area contributed by atoms with Crippen LogP contribution in [0.25, 0.3) is 0 Å². The first-order valence-corrected chi connectivity index (χ1v) is 9.85. The fraction of sp³-hybridized carbons (Fsp3) is 0.391. The van der Waals surface area contributed by atoms with E-state index < -0.39 is 11.6 Å². The van der Waals surface area contributed by atoms with Gasteiger partial charge in [0, 0.05) is 25.3 Å². The lowest BCUT2D eigenvalue weighted by Gasteiger charge is -2.43. The van der Waals surface area contributed by atoms with Crippen molar-refractivity contribution in [2.24, 2.45) is 0 Å². The standard InChI is InChI=1S/C23H28N2O4/c1-23(2,3)29-22(28)24-13-14-25(19-11-9-18(10-12-19)21(26)27)20(16-24)15-17-7-5-4-6-8-17/h4-12,20H,13-16H2,1-3H3,(H,26,27). The number of hydrogen-bond acceptors (Lipinski definition) is 4. The Balaban J connectivity index is 1.81. The number of hydrogen-bond donors (Lipinski definition) is 1. The van der Waals surface area contributed by atoms with E-state index in [-0.39, 0.29) is 17.7 Å². The number of ether oxygens (including phenoxy) is 1. The maximum Gasteiger partial charge on any atom is 0.410 e. The van der Waals surface area contributed by atoms with Gasteiger partial charge in [-0.3, -0.25) is 0 Å². The van der Waals surface area contributed by atoms with Crippen molar-refractivity contribution in [2.45, 2.75) is 38.8 Å². The van der Waals surface area contributed by atoms with Crippen LogP contribution in [0.5, 0.6) is 0 Å². The molecular weight excluding hydrogens is 368 g/mol. The highest BCUT2D eigenvalue weighted by atomic mass is 16.6. The molecule has 1 heterocycles. The van der Waals surface area contributed by atoms with Crippen molar-refractivity contribution < 1.29 is 19.4 Å². The van der Waals surface area contributed by atoms with E-state index in [9.17, 15) is 9.59 Å². The summed E-state index contributed by atoms with van der Waals surface area (Å²) in [7, 11) is 0. The molecule has 29 heavy (non-hydrogen) atoms. The summed E-state index contributed by atoms with van der Waals surface area (Å²) in [5.41, 5.74) is 1.88. The third-order valence-electron chi connectivity index (χ3n) is 4.89. The number of carbonyl (C=O) groups is 2. The molecule has 0 saturated carbocycles. The van der Waals surface area contributed by atoms with E-state index >= 15 is 0 Å². The van der Waals surface area contributed by atoms with E-state index in [0.717, 1.165) is 12.1 Å². The van der Waals surface area contributed by atoms with Crippen molar-refractivity contribution in [3.05, 3.63) is 65.7 Å². The Bertz CT molecular complexity index is 843. The van der Waals surface area contributed by atoms with Crippen LogP contribution in [0, 0.1) is 0 Å². The van der Waals surface area contributed by atoms with Crippen molar-refractivity contribution >= 4 is 17.7 Å². The number of carboxylic acids is 1. The Kier molecular flexibility index (Phi) is 6.11. The molecule has 1 fully saturated rings. The van der Waals surface area contributed by atoms with E-state index in [4.69, 9.17) is 9.84 Å². The van der Waals surface area contributed by atoms with Gasteiger partial charge in [-0.25, -0.2) is 9.59 Å². The Labute approximate surface area is 171 Å². The second-order valence-electron chi connectivity index (χ2n) is 8.32. The molecule has 0 aromatic heterocycles. The van der Waals surface area contributed by atoms with Gasteiger partial charge in [0.05, 0.1) is 11.6 Å². The number of anilines is 1. The van der Waals surface area contributed by atoms with Crippen molar-refractivity contribution in [3.63, 3.8) is 0 Å². The fourth-order valence-electron chi connectivity index (χ4n) is 3.54. The molecule has 2 aromatic rings. The highest BCUT2D eigenvalue weighted by Crippen LogP contribution is 2.25. The Hall–Kier alpha value is -3.02. The molecule has 1 aliphatic rings. The number of carboxylic acid groups (broad SMARTS) is 1. The average Bonchev–Trinajstić information content (AvgIpc) is 2.67. The molecule has 1 atom stereocenters. The first-order chi connectivity index (χ1) is 13.7. The van der Waals surface area contributed by atoms with Crippen LogP contribution in [-0.4, -0.2) is 53.3 Å². The van der Waals surface area contributed by atoms with Crippen LogP contribution >= 0.6 is 0 Å². The molecule has 154 valence electrons. The van der Waals surface area contributed by atoms with Gasteiger partial charge in [-0.15, -0.1) is 0 Å². The minimum Gasteiger partial charge on any atom is -0.478 e. The minimum absolute atomic E-state index is 0.0642. The topological polar surface area (TPSA) is 70.1 Å². The first kappa shape index (κ1) is 20.7. The number of rotatable bonds is 4. The van der Waals surface area contributed by atoms with Gasteiger partial charge in [0.2, 0.25) is 0 Å². The van der Waals surface area contributed by atoms with Crippen LogP contribution < -0.4 is 4.90 Å². The Morgan fingerprint density at radius 3 is 2.28 bits per heavy atom. The number of carbonyl (C=O) groups excluding carboxylic acids is 1. The lowest BCUT2D eigenvalue weighted by molar-refractivity contribution is 0.0214. The zero-order valence-electron chi connectivity index (χ0n) is 17.2. The van der Waals surface area contributed by atoms with Crippen LogP contribution in [0.2, 0.25) is 0 Å². The maximum absolute atomic E-state index is 12.6. The predicted octanol–water partition coefficient (Wildman–Crippen LogP) is 4.05. The van der Waals surface area contributed by atoms with Gasteiger partial charge in [-0.1, -0.05) is 30.3 Å². The normalized spacial score (nSPS) is 17.1. The summed E-state index contributed by atoms with van der Waals surface area (Å²) in [6.07, 6.45) is 0.484. The molecule has 1 N–H and O–H groups in total. The second-order valence-corrected chi connectivity index (χ2v) is 8.32. The van der Waals surface area contributed by atoms with E-state index in [1.807, 2.05) is 51.1 Å². The molecule has 1 aliphatic heterocycles. The SMILES string of the molecule is CC(C)(C)OC(=O)N1CCN(c2ccc(C(=O)O)cc2)C(Cc2ccccc2)C1. The van der Waals surface area contributed by atoms with Crippen LogP contribution in [-0.2, 0) is 11.2 Å². The lowest BCUT2D eigenvalue weighted by Crippen LogP contribution is -2.56. The highest BCUT2D eigenvalue weighted by molar-refractivity contribution is 5.88. The average molecular weight is 396 g/mol. The van der Waals surface area contributed by atoms with Crippen LogP contribution in [0.15, 0.2) is 54.6 Å². The second kappa shape index (κ2) is 8.55. The monoisotopic (exact) mass is 396 g/mol. The summed E-state index contributed by atoms with van der Waals surface area (Å²) >= 11 is 0. The molecule has 0 bridgehead atoms. The van der Waals surface area contributed by atoms with Crippen LogP contribution in [0.3, 0.4) is 0 Å². The fourth-order valence-corrected chi connectivity index (χ4v) is 3.54. The summed E-state index contributed by atoms with van der Waals surface area (Å²) in [6.45, 7) is 7.36. The molecule has 6 heteroatoms. The van der Waals surface area contributed by atoms with Gasteiger partial charge < -0.3 is 19.6 Å². The molecule has 3 rings (SSSR count). The van der Waals surface area contributed by atoms with Gasteiger partial charge in [0.1, 0.15) is 5.60 Å². The third-order valence-corrected chi connectivity index (χ3v) is 4.89. The van der Waals surface area contributed by atoms with Gasteiger partial charge in [0.15, 0.2) is 0 Å². The first-order valence-electron chi connectivity index (χ1n) is 9.85. The van der Waals surface area contributed by atoms with E-state index in [0.29, 0.717) is 19.6 Å². The number of benzene rings is 2. The largest absolute Gasteiger partial charge is 0.478 e. The predicted molar refractivity (Wildman–Crippen MR) is 112 cm³/mol. The molecule has 1 amide bonds. The molecule has 0 aliphatic carbocycles. The molecular formula is C23H28N2O4. The molecule has 0 radical (unpaired) electrons. The van der Waals surface area contributed by atoms with Gasteiger partial charge in [-0.05, 0) is 57.0 Å². The summed E-state index contributed by atoms with van der Waals surface area (Å²) in [6, 6.07) is 17.2.